The van der Waals surface area contributed by atoms with Crippen LogP contribution in [-0.2, 0) is 10.2 Å². The van der Waals surface area contributed by atoms with Crippen LogP contribution in [0.3, 0.4) is 0 Å². The van der Waals surface area contributed by atoms with Gasteiger partial charge in [0, 0.05) is 24.3 Å². The van der Waals surface area contributed by atoms with Crippen LogP contribution in [0.5, 0.6) is 5.75 Å². The topological polar surface area (TPSA) is 78.0 Å². The molecule has 3 heterocycles. The lowest BCUT2D eigenvalue weighted by Crippen LogP contribution is -2.55. The van der Waals surface area contributed by atoms with E-state index in [-0.39, 0.29) is 17.4 Å². The van der Waals surface area contributed by atoms with Gasteiger partial charge in [0.1, 0.15) is 18.4 Å². The van der Waals surface area contributed by atoms with Gasteiger partial charge in [-0.3, -0.25) is 4.79 Å². The Morgan fingerprint density at radius 1 is 1.16 bits per heavy atom. The van der Waals surface area contributed by atoms with Gasteiger partial charge >= 0.3 is 0 Å². The summed E-state index contributed by atoms with van der Waals surface area (Å²) in [5, 5.41) is 11.2. The summed E-state index contributed by atoms with van der Waals surface area (Å²) in [7, 11) is 0. The molecule has 31 heavy (non-hydrogen) atoms. The minimum absolute atomic E-state index is 0.108. The molecule has 1 amide bonds. The van der Waals surface area contributed by atoms with Gasteiger partial charge in [0.25, 0.3) is 5.91 Å². The van der Waals surface area contributed by atoms with Gasteiger partial charge < -0.3 is 20.3 Å². The van der Waals surface area contributed by atoms with Gasteiger partial charge in [-0.05, 0) is 35.6 Å². The molecule has 3 N–H and O–H groups in total. The summed E-state index contributed by atoms with van der Waals surface area (Å²) in [6.07, 6.45) is 0. The van der Waals surface area contributed by atoms with Crippen molar-refractivity contribution in [3.63, 3.8) is 0 Å². The first-order chi connectivity index (χ1) is 14.8. The zero-order chi connectivity index (χ0) is 21.8. The Hall–Kier alpha value is -3.06. The Balaban J connectivity index is 1.59. The predicted molar refractivity (Wildman–Crippen MR) is 124 cm³/mol. The first-order valence-corrected chi connectivity index (χ1v) is 10.9. The highest BCUT2D eigenvalue weighted by atomic mass is 16.5. The summed E-state index contributed by atoms with van der Waals surface area (Å²) < 4.78 is 6.05. The Bertz CT molecular complexity index is 1050. The van der Waals surface area contributed by atoms with E-state index in [0.29, 0.717) is 12.6 Å². The zero-order valence-corrected chi connectivity index (χ0v) is 18.5. The second-order valence-corrected chi connectivity index (χ2v) is 9.53. The minimum atomic E-state index is -0.342. The summed E-state index contributed by atoms with van der Waals surface area (Å²) in [5.41, 5.74) is 8.14. The fraction of sp³-hybridized carbons (Fsp3) is 0.417. The Kier molecular flexibility index (Phi) is 4.66. The number of amidine groups is 1. The third kappa shape index (κ3) is 3.53. The molecule has 1 atom stereocenters. The molecular weight excluding hydrogens is 390 g/mol. The van der Waals surface area contributed by atoms with E-state index in [4.69, 9.17) is 4.74 Å². The summed E-state index contributed by atoms with van der Waals surface area (Å²) in [6, 6.07) is 13.0. The number of carbonyl (C=O) groups is 1. The molecule has 2 aromatic rings. The molecule has 162 valence electrons. The van der Waals surface area contributed by atoms with E-state index in [0.717, 1.165) is 47.2 Å². The third-order valence-electron chi connectivity index (χ3n) is 6.26. The van der Waals surface area contributed by atoms with Crippen molar-refractivity contribution in [3.8, 4) is 16.9 Å². The monoisotopic (exact) mass is 419 g/mol. The fourth-order valence-corrected chi connectivity index (χ4v) is 4.19. The fourth-order valence-electron chi connectivity index (χ4n) is 4.19. The van der Waals surface area contributed by atoms with Crippen LogP contribution in [0.1, 0.15) is 33.3 Å². The number of hydrogen-bond donors (Lipinski definition) is 3. The number of ether oxygens (including phenoxy) is 1. The van der Waals surface area contributed by atoms with Gasteiger partial charge in [-0.1, -0.05) is 45.0 Å². The molecular formula is C24H29N5O2. The largest absolute Gasteiger partial charge is 0.483 e. The standard InChI is InChI=1S/C24H29N5O2/c1-14-23(30)28-27-22-13-31-21-9-18(15-5-7-16(8-6-15)24(2,3)4)19(10-20(21)29(14)22)26-17-11-25-12-17/h5-10,14,17,25-26H,11-13H2,1-4H3,(H,28,30). The molecule has 0 saturated carbocycles. The third-order valence-corrected chi connectivity index (χ3v) is 6.26. The van der Waals surface area contributed by atoms with E-state index in [9.17, 15) is 4.79 Å². The lowest BCUT2D eigenvalue weighted by Gasteiger charge is -2.39. The number of hydrogen-bond acceptors (Lipinski definition) is 6. The van der Waals surface area contributed by atoms with Gasteiger partial charge in [-0.2, -0.15) is 5.10 Å². The molecule has 3 aliphatic heterocycles. The zero-order valence-electron chi connectivity index (χ0n) is 18.5. The van der Waals surface area contributed by atoms with Crippen molar-refractivity contribution >= 4 is 23.1 Å². The average Bonchev–Trinajstić information content (AvgIpc) is 2.72. The number of hydrazone groups is 1. The second-order valence-electron chi connectivity index (χ2n) is 9.53. The van der Waals surface area contributed by atoms with Crippen molar-refractivity contribution in [3.05, 3.63) is 42.0 Å². The highest BCUT2D eigenvalue weighted by Crippen LogP contribution is 2.43. The van der Waals surface area contributed by atoms with Crippen LogP contribution >= 0.6 is 0 Å². The molecule has 0 aliphatic carbocycles. The number of rotatable bonds is 3. The lowest BCUT2D eigenvalue weighted by molar-refractivity contribution is -0.122. The van der Waals surface area contributed by atoms with Gasteiger partial charge in [0.15, 0.2) is 5.84 Å². The van der Waals surface area contributed by atoms with E-state index >= 15 is 0 Å². The summed E-state index contributed by atoms with van der Waals surface area (Å²) in [5.74, 6) is 1.38. The van der Waals surface area contributed by atoms with E-state index in [1.807, 2.05) is 11.8 Å². The molecule has 0 bridgehead atoms. The van der Waals surface area contributed by atoms with Crippen LogP contribution in [-0.4, -0.2) is 43.5 Å². The predicted octanol–water partition coefficient (Wildman–Crippen LogP) is 3.07. The smallest absolute Gasteiger partial charge is 0.262 e. The number of anilines is 2. The van der Waals surface area contributed by atoms with Crippen molar-refractivity contribution in [2.24, 2.45) is 5.10 Å². The maximum Gasteiger partial charge on any atom is 0.262 e. The van der Waals surface area contributed by atoms with Gasteiger partial charge in [-0.15, -0.1) is 0 Å². The summed E-state index contributed by atoms with van der Waals surface area (Å²) in [6.45, 7) is 10.8. The van der Waals surface area contributed by atoms with Crippen molar-refractivity contribution < 1.29 is 9.53 Å². The molecule has 0 radical (unpaired) electrons. The maximum absolute atomic E-state index is 12.3. The molecule has 3 aliphatic rings. The number of nitrogens with zero attached hydrogens (tertiary/aromatic N) is 2. The number of fused-ring (bicyclic) bond motifs is 3. The first kappa shape index (κ1) is 19.9. The molecule has 7 heteroatoms. The Morgan fingerprint density at radius 3 is 2.55 bits per heavy atom. The summed E-state index contributed by atoms with van der Waals surface area (Å²) >= 11 is 0. The highest BCUT2D eigenvalue weighted by Gasteiger charge is 2.36. The molecule has 1 fully saturated rings. The quantitative estimate of drug-likeness (QED) is 0.713. The molecule has 0 aromatic heterocycles. The number of amides is 1. The lowest BCUT2D eigenvalue weighted by atomic mass is 9.86. The van der Waals surface area contributed by atoms with E-state index in [1.54, 1.807) is 0 Å². The molecule has 1 unspecified atom stereocenters. The first-order valence-electron chi connectivity index (χ1n) is 10.9. The van der Waals surface area contributed by atoms with E-state index in [2.05, 4.69) is 78.3 Å². The van der Waals surface area contributed by atoms with Crippen LogP contribution in [0.25, 0.3) is 11.1 Å². The molecule has 2 aromatic carbocycles. The van der Waals surface area contributed by atoms with E-state index in [1.165, 1.54) is 5.56 Å². The molecule has 1 saturated heterocycles. The van der Waals surface area contributed by atoms with Gasteiger partial charge in [-0.25, -0.2) is 5.43 Å². The number of nitrogens with one attached hydrogen (secondary N) is 3. The van der Waals surface area contributed by atoms with Gasteiger partial charge in [0.05, 0.1) is 11.7 Å². The van der Waals surface area contributed by atoms with Crippen LogP contribution in [0.4, 0.5) is 11.4 Å². The number of carbonyl (C=O) groups excluding carboxylic acids is 1. The van der Waals surface area contributed by atoms with Crippen molar-refractivity contribution in [2.45, 2.75) is 45.2 Å². The van der Waals surface area contributed by atoms with Crippen molar-refractivity contribution in [1.82, 2.24) is 10.7 Å². The van der Waals surface area contributed by atoms with E-state index < -0.39 is 0 Å². The highest BCUT2D eigenvalue weighted by molar-refractivity contribution is 6.10. The molecule has 0 spiro atoms. The Morgan fingerprint density at radius 2 is 1.90 bits per heavy atom. The van der Waals surface area contributed by atoms with Gasteiger partial charge in [0.2, 0.25) is 0 Å². The molecule has 7 nitrogen and oxygen atoms in total. The van der Waals surface area contributed by atoms with Crippen LogP contribution in [0, 0.1) is 0 Å². The molecule has 5 rings (SSSR count). The number of benzene rings is 2. The maximum atomic E-state index is 12.3. The Labute approximate surface area is 182 Å². The SMILES string of the molecule is CC1C(=O)NN=C2COc3cc(-c4ccc(C(C)(C)C)cc4)c(NC4CNC4)cc3N21. The average molecular weight is 420 g/mol. The van der Waals surface area contributed by atoms with Crippen molar-refractivity contribution in [1.29, 1.82) is 0 Å². The minimum Gasteiger partial charge on any atom is -0.483 e. The summed E-state index contributed by atoms with van der Waals surface area (Å²) in [4.78, 5) is 14.2. The normalized spacial score (nSPS) is 20.6. The van der Waals surface area contributed by atoms with Crippen molar-refractivity contribution in [2.75, 3.05) is 29.9 Å². The van der Waals surface area contributed by atoms with Crippen LogP contribution < -0.4 is 25.7 Å². The second kappa shape index (κ2) is 7.27. The van der Waals surface area contributed by atoms with Crippen LogP contribution in [0.15, 0.2) is 41.5 Å². The van der Waals surface area contributed by atoms with Crippen LogP contribution in [0.2, 0.25) is 0 Å².